The highest BCUT2D eigenvalue weighted by Gasteiger charge is 2.38. The molecule has 0 aliphatic carbocycles. The van der Waals surface area contributed by atoms with E-state index in [1.807, 2.05) is 12.1 Å². The number of carbonyl (C=O) groups is 2. The van der Waals surface area contributed by atoms with Gasteiger partial charge >= 0.3 is 0 Å². The van der Waals surface area contributed by atoms with Crippen molar-refractivity contribution in [2.24, 2.45) is 0 Å². The second-order valence-electron chi connectivity index (χ2n) is 5.42. The van der Waals surface area contributed by atoms with Gasteiger partial charge in [0.25, 0.3) is 5.91 Å². The molecular formula is C16H16ClN3O3. The van der Waals surface area contributed by atoms with Crippen LogP contribution in [0.15, 0.2) is 35.1 Å². The van der Waals surface area contributed by atoms with E-state index < -0.39 is 6.04 Å². The van der Waals surface area contributed by atoms with Gasteiger partial charge in [0.15, 0.2) is 12.1 Å². The molecule has 1 atom stereocenters. The van der Waals surface area contributed by atoms with E-state index in [0.717, 1.165) is 0 Å². The SMILES string of the molecule is Cc1ocnc1C(=O)N(C)[C@H]1CCN(c2ccccc2Cl)C1=O. The Morgan fingerprint density at radius 1 is 1.43 bits per heavy atom. The topological polar surface area (TPSA) is 66.7 Å². The highest BCUT2D eigenvalue weighted by atomic mass is 35.5. The highest BCUT2D eigenvalue weighted by molar-refractivity contribution is 6.34. The van der Waals surface area contributed by atoms with Crippen molar-refractivity contribution in [3.63, 3.8) is 0 Å². The van der Waals surface area contributed by atoms with E-state index in [0.29, 0.717) is 29.4 Å². The second-order valence-corrected chi connectivity index (χ2v) is 5.83. The van der Waals surface area contributed by atoms with E-state index in [2.05, 4.69) is 4.98 Å². The van der Waals surface area contributed by atoms with Crippen LogP contribution in [0.3, 0.4) is 0 Å². The lowest BCUT2D eigenvalue weighted by Crippen LogP contribution is -2.43. The molecule has 3 rings (SSSR count). The number of halogens is 1. The van der Waals surface area contributed by atoms with Gasteiger partial charge < -0.3 is 14.2 Å². The standard InChI is InChI=1S/C16H16ClN3O3/c1-10-14(18-9-23-10)16(22)19(2)13-7-8-20(15(13)21)12-6-4-3-5-11(12)17/h3-6,9,13H,7-8H2,1-2H3/t13-/m0/s1. The third-order valence-electron chi connectivity index (χ3n) is 4.06. The number of aromatic nitrogens is 1. The Kier molecular flexibility index (Phi) is 4.09. The molecule has 0 saturated carbocycles. The van der Waals surface area contributed by atoms with Gasteiger partial charge in [0.2, 0.25) is 5.91 Å². The van der Waals surface area contributed by atoms with Crippen molar-refractivity contribution >= 4 is 29.1 Å². The van der Waals surface area contributed by atoms with Crippen LogP contribution in [-0.4, -0.2) is 41.3 Å². The molecule has 7 heteroatoms. The maximum atomic E-state index is 12.7. The normalized spacial score (nSPS) is 17.6. The Labute approximate surface area is 138 Å². The first-order chi connectivity index (χ1) is 11.0. The minimum Gasteiger partial charge on any atom is -0.448 e. The Bertz CT molecular complexity index is 759. The molecular weight excluding hydrogens is 318 g/mol. The molecule has 23 heavy (non-hydrogen) atoms. The molecule has 0 spiro atoms. The smallest absolute Gasteiger partial charge is 0.276 e. The average Bonchev–Trinajstić information content (AvgIpc) is 3.12. The molecule has 120 valence electrons. The van der Waals surface area contributed by atoms with E-state index in [1.54, 1.807) is 31.0 Å². The Morgan fingerprint density at radius 3 is 2.83 bits per heavy atom. The fourth-order valence-corrected chi connectivity index (χ4v) is 2.99. The monoisotopic (exact) mass is 333 g/mol. The Hall–Kier alpha value is -2.34. The van der Waals surface area contributed by atoms with Gasteiger partial charge in [0, 0.05) is 13.6 Å². The minimum atomic E-state index is -0.533. The molecule has 6 nitrogen and oxygen atoms in total. The number of nitrogens with zero attached hydrogens (tertiary/aromatic N) is 3. The summed E-state index contributed by atoms with van der Waals surface area (Å²) in [5.41, 5.74) is 0.900. The zero-order chi connectivity index (χ0) is 16.6. The lowest BCUT2D eigenvalue weighted by Gasteiger charge is -2.23. The third-order valence-corrected chi connectivity index (χ3v) is 4.38. The number of rotatable bonds is 3. The molecule has 1 saturated heterocycles. The van der Waals surface area contributed by atoms with E-state index in [1.165, 1.54) is 11.3 Å². The zero-order valence-corrected chi connectivity index (χ0v) is 13.6. The van der Waals surface area contributed by atoms with Gasteiger partial charge in [-0.1, -0.05) is 23.7 Å². The molecule has 0 radical (unpaired) electrons. The predicted molar refractivity (Wildman–Crippen MR) is 85.5 cm³/mol. The molecule has 0 N–H and O–H groups in total. The summed E-state index contributed by atoms with van der Waals surface area (Å²) in [6.45, 7) is 2.18. The molecule has 1 fully saturated rings. The quantitative estimate of drug-likeness (QED) is 0.865. The summed E-state index contributed by atoms with van der Waals surface area (Å²) in [5.74, 6) is -0.0269. The van der Waals surface area contributed by atoms with Crippen molar-refractivity contribution in [1.82, 2.24) is 9.88 Å². The number of anilines is 1. The summed E-state index contributed by atoms with van der Waals surface area (Å²) in [4.78, 5) is 32.1. The summed E-state index contributed by atoms with van der Waals surface area (Å²) in [6, 6.07) is 6.65. The largest absolute Gasteiger partial charge is 0.448 e. The van der Waals surface area contributed by atoms with Crippen LogP contribution in [0.2, 0.25) is 5.02 Å². The number of aryl methyl sites for hydroxylation is 1. The molecule has 0 unspecified atom stereocenters. The van der Waals surface area contributed by atoms with Gasteiger partial charge in [-0.25, -0.2) is 4.98 Å². The van der Waals surface area contributed by atoms with Gasteiger partial charge in [-0.05, 0) is 25.5 Å². The van der Waals surface area contributed by atoms with Crippen LogP contribution in [-0.2, 0) is 4.79 Å². The molecule has 0 bridgehead atoms. The molecule has 1 aliphatic heterocycles. The van der Waals surface area contributed by atoms with Crippen molar-refractivity contribution in [3.05, 3.63) is 47.1 Å². The van der Waals surface area contributed by atoms with Crippen molar-refractivity contribution in [1.29, 1.82) is 0 Å². The number of hydrogen-bond acceptors (Lipinski definition) is 4. The van der Waals surface area contributed by atoms with Crippen LogP contribution in [0.5, 0.6) is 0 Å². The van der Waals surface area contributed by atoms with Gasteiger partial charge in [-0.2, -0.15) is 0 Å². The molecule has 2 aromatic rings. The minimum absolute atomic E-state index is 0.143. The fraction of sp³-hybridized carbons (Fsp3) is 0.312. The number of likely N-dealkylation sites (N-methyl/N-ethyl adjacent to an activating group) is 1. The van der Waals surface area contributed by atoms with Crippen LogP contribution < -0.4 is 4.90 Å². The Morgan fingerprint density at radius 2 is 2.17 bits per heavy atom. The first-order valence-corrected chi connectivity index (χ1v) is 7.61. The number of para-hydroxylation sites is 1. The zero-order valence-electron chi connectivity index (χ0n) is 12.8. The van der Waals surface area contributed by atoms with Crippen molar-refractivity contribution in [2.75, 3.05) is 18.5 Å². The van der Waals surface area contributed by atoms with Crippen LogP contribution in [0.4, 0.5) is 5.69 Å². The summed E-state index contributed by atoms with van der Waals surface area (Å²) >= 11 is 6.16. The molecule has 2 heterocycles. The lowest BCUT2D eigenvalue weighted by atomic mass is 10.2. The van der Waals surface area contributed by atoms with E-state index in [9.17, 15) is 9.59 Å². The molecule has 1 aliphatic rings. The van der Waals surface area contributed by atoms with Crippen molar-refractivity contribution < 1.29 is 14.0 Å². The predicted octanol–water partition coefficient (Wildman–Crippen LogP) is 2.51. The van der Waals surface area contributed by atoms with Gasteiger partial charge in [-0.15, -0.1) is 0 Å². The van der Waals surface area contributed by atoms with Crippen LogP contribution in [0, 0.1) is 6.92 Å². The first kappa shape index (κ1) is 15.6. The van der Waals surface area contributed by atoms with Crippen LogP contribution in [0.1, 0.15) is 22.7 Å². The summed E-state index contributed by atoms with van der Waals surface area (Å²) in [6.07, 6.45) is 1.77. The van der Waals surface area contributed by atoms with Gasteiger partial charge in [-0.3, -0.25) is 9.59 Å². The Balaban J connectivity index is 1.80. The number of carbonyl (C=O) groups excluding carboxylic acids is 2. The lowest BCUT2D eigenvalue weighted by molar-refractivity contribution is -0.120. The van der Waals surface area contributed by atoms with Crippen LogP contribution in [0.25, 0.3) is 0 Å². The second kappa shape index (κ2) is 6.04. The maximum absolute atomic E-state index is 12.7. The van der Waals surface area contributed by atoms with E-state index in [4.69, 9.17) is 16.0 Å². The molecule has 1 aromatic carbocycles. The van der Waals surface area contributed by atoms with Gasteiger partial charge in [0.1, 0.15) is 11.8 Å². The van der Waals surface area contributed by atoms with Gasteiger partial charge in [0.05, 0.1) is 10.7 Å². The van der Waals surface area contributed by atoms with Crippen LogP contribution >= 0.6 is 11.6 Å². The number of benzene rings is 1. The van der Waals surface area contributed by atoms with Crippen molar-refractivity contribution in [2.45, 2.75) is 19.4 Å². The third kappa shape index (κ3) is 2.70. The maximum Gasteiger partial charge on any atom is 0.276 e. The van der Waals surface area contributed by atoms with Crippen molar-refractivity contribution in [3.8, 4) is 0 Å². The van der Waals surface area contributed by atoms with E-state index >= 15 is 0 Å². The summed E-state index contributed by atoms with van der Waals surface area (Å²) in [7, 11) is 1.61. The summed E-state index contributed by atoms with van der Waals surface area (Å²) < 4.78 is 5.06. The average molecular weight is 334 g/mol. The number of amides is 2. The van der Waals surface area contributed by atoms with E-state index in [-0.39, 0.29) is 17.5 Å². The molecule has 2 amide bonds. The number of oxazole rings is 1. The highest BCUT2D eigenvalue weighted by Crippen LogP contribution is 2.30. The number of hydrogen-bond donors (Lipinski definition) is 0. The first-order valence-electron chi connectivity index (χ1n) is 7.24. The fourth-order valence-electron chi connectivity index (χ4n) is 2.75. The summed E-state index contributed by atoms with van der Waals surface area (Å²) in [5, 5.41) is 0.517. The molecule has 1 aromatic heterocycles.